The molecule has 2 aromatic carbocycles. The number of benzene rings is 2. The fraction of sp³-hybridized carbons (Fsp3) is 0.419. The molecule has 2 aliphatic heterocycles. The lowest BCUT2D eigenvalue weighted by Crippen LogP contribution is -2.59. The molecule has 0 radical (unpaired) electrons. The third-order valence-electron chi connectivity index (χ3n) is 8.64. The molecule has 0 spiro atoms. The van der Waals surface area contributed by atoms with Crippen LogP contribution in [0, 0.1) is 17.9 Å². The first kappa shape index (κ1) is 32.0. The van der Waals surface area contributed by atoms with E-state index in [-0.39, 0.29) is 46.2 Å². The molecule has 2 heterocycles. The van der Waals surface area contributed by atoms with E-state index in [0.717, 1.165) is 66.0 Å². The van der Waals surface area contributed by atoms with Crippen LogP contribution in [0.2, 0.25) is 0 Å². The maximum atomic E-state index is 14.4. The second-order valence-corrected chi connectivity index (χ2v) is 13.4. The Morgan fingerprint density at radius 2 is 1.73 bits per heavy atom. The SMILES string of the molecule is [C-]#[N+]C1=C(C)N(c2cccc(C(F)(F)F)c2)C(=O)N(C(=O)N2CCN(C3CCCC3)CC2)[C@@H]1c1ccc(C#N)cc1S(C)(=O)=O. The summed E-state index contributed by atoms with van der Waals surface area (Å²) >= 11 is 0. The first-order valence-electron chi connectivity index (χ1n) is 14.4. The monoisotopic (exact) mass is 640 g/mol. The average molecular weight is 641 g/mol. The molecule has 1 saturated carbocycles. The second-order valence-electron chi connectivity index (χ2n) is 11.4. The number of hydrogen-bond acceptors (Lipinski definition) is 6. The summed E-state index contributed by atoms with van der Waals surface area (Å²) in [5.74, 6) is 0. The van der Waals surface area contributed by atoms with E-state index >= 15 is 0 Å². The molecule has 0 bridgehead atoms. The number of carbonyl (C=O) groups is 2. The Bertz CT molecular complexity index is 1750. The molecule has 10 nitrogen and oxygen atoms in total. The van der Waals surface area contributed by atoms with Gasteiger partial charge >= 0.3 is 18.2 Å². The number of halogens is 3. The van der Waals surface area contributed by atoms with E-state index in [0.29, 0.717) is 19.1 Å². The number of nitrogens with zero attached hydrogens (tertiary/aromatic N) is 6. The fourth-order valence-corrected chi connectivity index (χ4v) is 7.34. The van der Waals surface area contributed by atoms with Gasteiger partial charge in [0.2, 0.25) is 5.70 Å². The molecule has 1 saturated heterocycles. The second kappa shape index (κ2) is 12.2. The molecule has 0 unspecified atom stereocenters. The van der Waals surface area contributed by atoms with Gasteiger partial charge in [-0.25, -0.2) is 27.8 Å². The van der Waals surface area contributed by atoms with Gasteiger partial charge in [-0.05, 0) is 55.7 Å². The van der Waals surface area contributed by atoms with Crippen LogP contribution in [0.3, 0.4) is 0 Å². The molecule has 1 aliphatic carbocycles. The number of nitriles is 1. The smallest absolute Gasteiger partial charge is 0.322 e. The van der Waals surface area contributed by atoms with E-state index in [1.807, 2.05) is 6.07 Å². The van der Waals surface area contributed by atoms with Crippen LogP contribution in [0.25, 0.3) is 4.85 Å². The lowest BCUT2D eigenvalue weighted by Gasteiger charge is -2.45. The molecule has 236 valence electrons. The van der Waals surface area contributed by atoms with Crippen LogP contribution in [0.15, 0.2) is 58.8 Å². The first-order chi connectivity index (χ1) is 21.3. The van der Waals surface area contributed by atoms with Gasteiger partial charge in [-0.1, -0.05) is 25.0 Å². The number of urea groups is 2. The van der Waals surface area contributed by atoms with Crippen LogP contribution >= 0.6 is 0 Å². The van der Waals surface area contributed by atoms with Crippen molar-refractivity contribution in [3.8, 4) is 6.07 Å². The molecule has 45 heavy (non-hydrogen) atoms. The predicted molar refractivity (Wildman–Crippen MR) is 158 cm³/mol. The van der Waals surface area contributed by atoms with Gasteiger partial charge in [0.15, 0.2) is 9.84 Å². The van der Waals surface area contributed by atoms with E-state index in [1.54, 1.807) is 0 Å². The summed E-state index contributed by atoms with van der Waals surface area (Å²) in [6, 6.07) is 6.68. The Kier molecular flexibility index (Phi) is 8.66. The minimum atomic E-state index is -4.72. The fourth-order valence-electron chi connectivity index (χ4n) is 6.39. The van der Waals surface area contributed by atoms with Crippen molar-refractivity contribution in [3.63, 3.8) is 0 Å². The lowest BCUT2D eigenvalue weighted by atomic mass is 9.97. The van der Waals surface area contributed by atoms with E-state index < -0.39 is 39.7 Å². The molecule has 5 rings (SSSR count). The van der Waals surface area contributed by atoms with Gasteiger partial charge in [-0.15, -0.1) is 0 Å². The number of rotatable bonds is 4. The highest BCUT2D eigenvalue weighted by Gasteiger charge is 2.47. The first-order valence-corrected chi connectivity index (χ1v) is 16.3. The number of imide groups is 1. The molecule has 1 atom stereocenters. The number of hydrogen-bond donors (Lipinski definition) is 0. The van der Waals surface area contributed by atoms with Crippen LogP contribution in [0.4, 0.5) is 28.4 Å². The number of alkyl halides is 3. The maximum Gasteiger partial charge on any atom is 0.416 e. The van der Waals surface area contributed by atoms with E-state index in [9.17, 15) is 36.4 Å². The van der Waals surface area contributed by atoms with Crippen molar-refractivity contribution in [2.75, 3.05) is 37.3 Å². The number of sulfone groups is 1. The Morgan fingerprint density at radius 1 is 1.07 bits per heavy atom. The summed E-state index contributed by atoms with van der Waals surface area (Å²) in [7, 11) is -4.05. The number of piperazine rings is 1. The van der Waals surface area contributed by atoms with Gasteiger partial charge < -0.3 is 4.90 Å². The largest absolute Gasteiger partial charge is 0.416 e. The van der Waals surface area contributed by atoms with Gasteiger partial charge in [0.25, 0.3) is 0 Å². The van der Waals surface area contributed by atoms with E-state index in [4.69, 9.17) is 6.57 Å². The highest BCUT2D eigenvalue weighted by Crippen LogP contribution is 2.43. The van der Waals surface area contributed by atoms with Crippen LogP contribution in [-0.2, 0) is 16.0 Å². The minimum Gasteiger partial charge on any atom is -0.322 e. The summed E-state index contributed by atoms with van der Waals surface area (Å²) in [4.78, 5) is 37.3. The Balaban J connectivity index is 1.65. The van der Waals surface area contributed by atoms with Gasteiger partial charge in [0.05, 0.1) is 28.7 Å². The summed E-state index contributed by atoms with van der Waals surface area (Å²) in [5, 5.41) is 9.44. The topological polar surface area (TPSA) is 109 Å². The normalized spacial score (nSPS) is 20.4. The summed E-state index contributed by atoms with van der Waals surface area (Å²) in [6.45, 7) is 11.1. The van der Waals surface area contributed by atoms with E-state index in [1.165, 1.54) is 30.0 Å². The summed E-state index contributed by atoms with van der Waals surface area (Å²) in [5.41, 5.74) is -1.58. The highest BCUT2D eigenvalue weighted by atomic mass is 32.2. The predicted octanol–water partition coefficient (Wildman–Crippen LogP) is 5.79. The van der Waals surface area contributed by atoms with Crippen LogP contribution in [0.5, 0.6) is 0 Å². The van der Waals surface area contributed by atoms with Crippen molar-refractivity contribution >= 4 is 27.6 Å². The Morgan fingerprint density at radius 3 is 2.31 bits per heavy atom. The number of carbonyl (C=O) groups excluding carboxylic acids is 2. The molecule has 0 aromatic heterocycles. The average Bonchev–Trinajstić information content (AvgIpc) is 3.55. The lowest BCUT2D eigenvalue weighted by molar-refractivity contribution is -0.137. The summed E-state index contributed by atoms with van der Waals surface area (Å²) < 4.78 is 66.8. The van der Waals surface area contributed by atoms with Gasteiger partial charge in [-0.3, -0.25) is 9.80 Å². The van der Waals surface area contributed by atoms with Crippen LogP contribution < -0.4 is 4.90 Å². The molecule has 0 N–H and O–H groups in total. The maximum absolute atomic E-state index is 14.4. The summed E-state index contributed by atoms with van der Waals surface area (Å²) in [6.07, 6.45) is 0.596. The van der Waals surface area contributed by atoms with Crippen molar-refractivity contribution in [1.82, 2.24) is 14.7 Å². The zero-order valence-electron chi connectivity index (χ0n) is 24.7. The number of amides is 4. The molecule has 4 amide bonds. The number of anilines is 1. The standard InChI is InChI=1S/C31H31F3N6O4S/c1-20-27(36-2)28(25-12-11-21(19-35)17-26(25)45(3,43)44)40(29(41)38-15-13-37(14-16-38)23-8-4-5-9-23)30(42)39(20)24-10-6-7-22(18-24)31(32,33)34/h6-7,10-12,17-18,23,28H,4-5,8-9,13-16H2,1,3H3/t28-/m1/s1. The highest BCUT2D eigenvalue weighted by molar-refractivity contribution is 7.90. The van der Waals surface area contributed by atoms with Crippen molar-refractivity contribution in [3.05, 3.63) is 82.0 Å². The number of allylic oxidation sites excluding steroid dienone is 1. The molecular weight excluding hydrogens is 609 g/mol. The molecular formula is C31H31F3N6O4S. The van der Waals surface area contributed by atoms with Crippen molar-refractivity contribution in [1.29, 1.82) is 5.26 Å². The van der Waals surface area contributed by atoms with Gasteiger partial charge in [0.1, 0.15) is 6.04 Å². The Labute approximate surface area is 259 Å². The van der Waals surface area contributed by atoms with Gasteiger partial charge in [0, 0.05) is 49.9 Å². The molecule has 14 heteroatoms. The zero-order chi connectivity index (χ0) is 32.7. The Hall–Kier alpha value is -4.40. The zero-order valence-corrected chi connectivity index (χ0v) is 25.5. The van der Waals surface area contributed by atoms with E-state index in [2.05, 4.69) is 9.74 Å². The molecule has 2 fully saturated rings. The van der Waals surface area contributed by atoms with Crippen molar-refractivity contribution < 1.29 is 31.2 Å². The molecule has 2 aromatic rings. The third-order valence-corrected chi connectivity index (χ3v) is 9.79. The van der Waals surface area contributed by atoms with Crippen molar-refractivity contribution in [2.45, 2.75) is 55.8 Å². The van der Waals surface area contributed by atoms with Gasteiger partial charge in [-0.2, -0.15) is 18.4 Å². The van der Waals surface area contributed by atoms with Crippen molar-refractivity contribution in [2.24, 2.45) is 0 Å². The molecule has 3 aliphatic rings. The van der Waals surface area contributed by atoms with Crippen LogP contribution in [-0.4, -0.2) is 73.7 Å². The minimum absolute atomic E-state index is 0.0119. The third kappa shape index (κ3) is 6.13. The van der Waals surface area contributed by atoms with Crippen LogP contribution in [0.1, 0.15) is 55.3 Å². The quantitative estimate of drug-likeness (QED) is 0.391.